The molecule has 0 aromatic heterocycles. The fourth-order valence-corrected chi connectivity index (χ4v) is 7.56. The number of carbonyl (C=O) groups excluding carboxylic acids is 2. The number of carbonyl (C=O) groups is 2. The van der Waals surface area contributed by atoms with E-state index in [1.807, 2.05) is 15.9 Å². The van der Waals surface area contributed by atoms with E-state index in [2.05, 4.69) is 23.1 Å². The normalized spacial score (nSPS) is 23.1. The SMILES string of the molecule is CC(=O)N1CC2(CCN(CCC3c4ccc(F)c(F)c4CCN3C(=O)C3CCCC3)CC2)c2ccccc21. The molecular formula is C31H37F2N3O2. The molecule has 5 nitrogen and oxygen atoms in total. The summed E-state index contributed by atoms with van der Waals surface area (Å²) in [7, 11) is 0. The van der Waals surface area contributed by atoms with Gasteiger partial charge in [0, 0.05) is 43.6 Å². The first-order chi connectivity index (χ1) is 18.4. The molecule has 1 unspecified atom stereocenters. The summed E-state index contributed by atoms with van der Waals surface area (Å²) < 4.78 is 28.8. The lowest BCUT2D eigenvalue weighted by Crippen LogP contribution is -2.47. The van der Waals surface area contributed by atoms with E-state index in [-0.39, 0.29) is 29.2 Å². The zero-order chi connectivity index (χ0) is 26.4. The lowest BCUT2D eigenvalue weighted by atomic mass is 9.74. The van der Waals surface area contributed by atoms with Crippen LogP contribution >= 0.6 is 0 Å². The molecule has 2 amide bonds. The molecule has 0 radical (unpaired) electrons. The second-order valence-electron chi connectivity index (χ2n) is 11.7. The van der Waals surface area contributed by atoms with Crippen molar-refractivity contribution in [1.82, 2.24) is 9.80 Å². The minimum Gasteiger partial charge on any atom is -0.335 e. The number of hydrogen-bond acceptors (Lipinski definition) is 3. The van der Waals surface area contributed by atoms with Crippen molar-refractivity contribution >= 4 is 17.5 Å². The molecule has 3 aliphatic heterocycles. The number of amides is 2. The van der Waals surface area contributed by atoms with Crippen LogP contribution in [0.4, 0.5) is 14.5 Å². The highest BCUT2D eigenvalue weighted by Gasteiger charge is 2.45. The Hall–Kier alpha value is -2.80. The van der Waals surface area contributed by atoms with Gasteiger partial charge in [-0.3, -0.25) is 9.59 Å². The Morgan fingerprint density at radius 2 is 1.74 bits per heavy atom. The van der Waals surface area contributed by atoms with Gasteiger partial charge in [0.25, 0.3) is 0 Å². The number of halogens is 2. The lowest BCUT2D eigenvalue weighted by molar-refractivity contribution is -0.138. The van der Waals surface area contributed by atoms with Gasteiger partial charge in [-0.25, -0.2) is 8.78 Å². The van der Waals surface area contributed by atoms with E-state index >= 15 is 0 Å². The highest BCUT2D eigenvalue weighted by molar-refractivity contribution is 5.94. The minimum atomic E-state index is -0.809. The number of fused-ring (bicyclic) bond motifs is 3. The fraction of sp³-hybridized carbons (Fsp3) is 0.548. The first-order valence-corrected chi connectivity index (χ1v) is 14.3. The first kappa shape index (κ1) is 25.5. The van der Waals surface area contributed by atoms with E-state index in [4.69, 9.17) is 0 Å². The Morgan fingerprint density at radius 1 is 1.00 bits per heavy atom. The Labute approximate surface area is 223 Å². The average molecular weight is 522 g/mol. The van der Waals surface area contributed by atoms with Gasteiger partial charge in [0.15, 0.2) is 11.6 Å². The van der Waals surface area contributed by atoms with Crippen LogP contribution < -0.4 is 4.90 Å². The van der Waals surface area contributed by atoms with Crippen LogP contribution in [0.25, 0.3) is 0 Å². The first-order valence-electron chi connectivity index (χ1n) is 14.3. The van der Waals surface area contributed by atoms with Crippen LogP contribution in [0.1, 0.15) is 74.6 Å². The van der Waals surface area contributed by atoms with Gasteiger partial charge in [-0.15, -0.1) is 0 Å². The maximum Gasteiger partial charge on any atom is 0.226 e. The van der Waals surface area contributed by atoms with Crippen LogP contribution in [-0.4, -0.2) is 54.3 Å². The standard InChI is InChI=1S/C31H37F2N3O2/c1-21(37)36-20-31(25-8-4-5-9-28(25)36)14-18-34(19-15-31)16-13-27-23-10-11-26(32)29(33)24(23)12-17-35(27)30(38)22-6-2-3-7-22/h4-5,8-11,22,27H,2-3,6-7,12-20H2,1H3. The third-order valence-electron chi connectivity index (χ3n) is 9.70. The monoisotopic (exact) mass is 521 g/mol. The summed E-state index contributed by atoms with van der Waals surface area (Å²) in [5.74, 6) is -1.23. The molecule has 2 aromatic rings. The molecule has 1 saturated carbocycles. The molecule has 6 rings (SSSR count). The Kier molecular flexibility index (Phi) is 6.75. The predicted octanol–water partition coefficient (Wildman–Crippen LogP) is 5.37. The third kappa shape index (κ3) is 4.33. The van der Waals surface area contributed by atoms with Gasteiger partial charge in [-0.1, -0.05) is 37.1 Å². The molecule has 0 bridgehead atoms. The van der Waals surface area contributed by atoms with Crippen LogP contribution in [0.15, 0.2) is 36.4 Å². The number of likely N-dealkylation sites (tertiary alicyclic amines) is 1. The predicted molar refractivity (Wildman–Crippen MR) is 143 cm³/mol. The maximum atomic E-state index is 14.7. The summed E-state index contributed by atoms with van der Waals surface area (Å²) in [5, 5.41) is 0. The number of anilines is 1. The van der Waals surface area contributed by atoms with Crippen LogP contribution in [0, 0.1) is 17.6 Å². The molecule has 202 valence electrons. The number of hydrogen-bond donors (Lipinski definition) is 0. The van der Waals surface area contributed by atoms with Gasteiger partial charge in [0.2, 0.25) is 11.8 Å². The summed E-state index contributed by atoms with van der Waals surface area (Å²) >= 11 is 0. The average Bonchev–Trinajstić information content (AvgIpc) is 3.58. The largest absolute Gasteiger partial charge is 0.335 e. The second-order valence-corrected chi connectivity index (χ2v) is 11.7. The molecule has 2 aromatic carbocycles. The van der Waals surface area contributed by atoms with E-state index in [1.165, 1.54) is 11.6 Å². The summed E-state index contributed by atoms with van der Waals surface area (Å²) in [4.78, 5) is 32.2. The van der Waals surface area contributed by atoms with Gasteiger partial charge < -0.3 is 14.7 Å². The van der Waals surface area contributed by atoms with Crippen molar-refractivity contribution in [1.29, 1.82) is 0 Å². The van der Waals surface area contributed by atoms with Crippen molar-refractivity contribution in [3.63, 3.8) is 0 Å². The molecule has 1 aliphatic carbocycles. The zero-order valence-electron chi connectivity index (χ0n) is 22.2. The molecule has 38 heavy (non-hydrogen) atoms. The van der Waals surface area contributed by atoms with Gasteiger partial charge in [0.05, 0.1) is 6.04 Å². The maximum absolute atomic E-state index is 14.7. The third-order valence-corrected chi connectivity index (χ3v) is 9.70. The Balaban J connectivity index is 1.18. The van der Waals surface area contributed by atoms with Crippen molar-refractivity contribution < 1.29 is 18.4 Å². The minimum absolute atomic E-state index is 0.0126. The molecule has 1 spiro atoms. The number of nitrogens with zero attached hydrogens (tertiary/aromatic N) is 3. The number of para-hydroxylation sites is 1. The Morgan fingerprint density at radius 3 is 2.47 bits per heavy atom. The van der Waals surface area contributed by atoms with Crippen LogP contribution in [0.5, 0.6) is 0 Å². The van der Waals surface area contributed by atoms with Crippen molar-refractivity contribution in [2.75, 3.05) is 37.6 Å². The van der Waals surface area contributed by atoms with Gasteiger partial charge in [-0.05, 0) is 80.4 Å². The van der Waals surface area contributed by atoms with Crippen molar-refractivity contribution in [2.24, 2.45) is 5.92 Å². The van der Waals surface area contributed by atoms with E-state index in [9.17, 15) is 18.4 Å². The molecule has 7 heteroatoms. The quantitative estimate of drug-likeness (QED) is 0.543. The van der Waals surface area contributed by atoms with E-state index < -0.39 is 11.6 Å². The van der Waals surface area contributed by atoms with Crippen LogP contribution in [-0.2, 0) is 21.4 Å². The van der Waals surface area contributed by atoms with E-state index in [1.54, 1.807) is 13.0 Å². The van der Waals surface area contributed by atoms with Crippen LogP contribution in [0.2, 0.25) is 0 Å². The number of benzene rings is 2. The lowest BCUT2D eigenvalue weighted by Gasteiger charge is -2.42. The molecule has 1 atom stereocenters. The molecule has 1 saturated heterocycles. The Bertz CT molecular complexity index is 1230. The summed E-state index contributed by atoms with van der Waals surface area (Å²) in [6.07, 6.45) is 7.06. The van der Waals surface area contributed by atoms with Crippen LogP contribution in [0.3, 0.4) is 0 Å². The number of piperidine rings is 1. The van der Waals surface area contributed by atoms with Crippen molar-refractivity contribution in [3.05, 3.63) is 64.7 Å². The van der Waals surface area contributed by atoms with Gasteiger partial charge >= 0.3 is 0 Å². The molecule has 2 fully saturated rings. The van der Waals surface area contributed by atoms with E-state index in [0.717, 1.165) is 76.0 Å². The van der Waals surface area contributed by atoms with Gasteiger partial charge in [-0.2, -0.15) is 0 Å². The van der Waals surface area contributed by atoms with Gasteiger partial charge in [0.1, 0.15) is 0 Å². The van der Waals surface area contributed by atoms with E-state index in [0.29, 0.717) is 24.9 Å². The molecule has 0 N–H and O–H groups in total. The van der Waals surface area contributed by atoms with Crippen molar-refractivity contribution in [2.45, 2.75) is 69.7 Å². The topological polar surface area (TPSA) is 43.9 Å². The summed E-state index contributed by atoms with van der Waals surface area (Å²) in [5.41, 5.74) is 3.53. The zero-order valence-corrected chi connectivity index (χ0v) is 22.2. The number of rotatable bonds is 4. The summed E-state index contributed by atoms with van der Waals surface area (Å²) in [6, 6.07) is 11.0. The second kappa shape index (κ2) is 10.1. The fourth-order valence-electron chi connectivity index (χ4n) is 7.56. The molecule has 3 heterocycles. The highest BCUT2D eigenvalue weighted by Crippen LogP contribution is 2.47. The van der Waals surface area contributed by atoms with Crippen molar-refractivity contribution in [3.8, 4) is 0 Å². The molecule has 4 aliphatic rings. The smallest absolute Gasteiger partial charge is 0.226 e. The summed E-state index contributed by atoms with van der Waals surface area (Å²) in [6.45, 7) is 5.45. The molecular weight excluding hydrogens is 484 g/mol. The highest BCUT2D eigenvalue weighted by atomic mass is 19.2.